The monoisotopic (exact) mass is 280 g/mol. The maximum absolute atomic E-state index is 2.43. The van der Waals surface area contributed by atoms with Crippen molar-refractivity contribution >= 4 is 59.4 Å². The van der Waals surface area contributed by atoms with Crippen LogP contribution in [0.1, 0.15) is 25.7 Å². The normalized spacial score (nSPS) is 18.4. The molecule has 0 atom stereocenters. The molecular weight excluding hydrogens is 264 g/mol. The van der Waals surface area contributed by atoms with Crippen molar-refractivity contribution in [2.45, 2.75) is 25.7 Å². The number of hydrogen-bond acceptors (Lipinski definition) is 0. The third kappa shape index (κ3) is 1.14. The van der Waals surface area contributed by atoms with Crippen LogP contribution in [0.25, 0.3) is 59.4 Å². The van der Waals surface area contributed by atoms with Crippen molar-refractivity contribution in [1.82, 2.24) is 0 Å². The molecule has 4 aliphatic carbocycles. The molecule has 0 heterocycles. The molecule has 0 bridgehead atoms. The lowest BCUT2D eigenvalue weighted by molar-refractivity contribution is 1.42. The molecule has 0 fully saturated rings. The van der Waals surface area contributed by atoms with Crippen LogP contribution in [0.15, 0.2) is 0 Å². The van der Waals surface area contributed by atoms with E-state index in [1.807, 2.05) is 0 Å². The average Bonchev–Trinajstić information content (AvgIpc) is 3.28. The molecule has 4 aliphatic rings. The second-order valence-corrected chi connectivity index (χ2v) is 6.64. The van der Waals surface area contributed by atoms with Crippen LogP contribution in [-0.4, -0.2) is 0 Å². The Bertz CT molecular complexity index is 1180. The van der Waals surface area contributed by atoms with Crippen LogP contribution in [0.2, 0.25) is 0 Å². The van der Waals surface area contributed by atoms with Crippen LogP contribution < -0.4 is 41.7 Å². The predicted octanol–water partition coefficient (Wildman–Crippen LogP) is -1.30. The van der Waals surface area contributed by atoms with Crippen molar-refractivity contribution in [3.8, 4) is 0 Å². The molecule has 104 valence electrons. The first kappa shape index (κ1) is 11.3. The van der Waals surface area contributed by atoms with Crippen molar-refractivity contribution in [3.05, 3.63) is 41.7 Å². The molecule has 0 aromatic heterocycles. The van der Waals surface area contributed by atoms with Gasteiger partial charge in [0.15, 0.2) is 0 Å². The zero-order valence-electron chi connectivity index (χ0n) is 12.4. The summed E-state index contributed by atoms with van der Waals surface area (Å²) in [6, 6.07) is 0. The highest BCUT2D eigenvalue weighted by Gasteiger charge is 2.14. The van der Waals surface area contributed by atoms with Gasteiger partial charge in [0.1, 0.15) is 0 Å². The van der Waals surface area contributed by atoms with E-state index in [9.17, 15) is 0 Å². The van der Waals surface area contributed by atoms with E-state index in [0.29, 0.717) is 0 Å². The fraction of sp³-hybridized carbons (Fsp3) is 0.182. The highest BCUT2D eigenvalue weighted by atomic mass is 14.2. The van der Waals surface area contributed by atoms with E-state index in [4.69, 9.17) is 0 Å². The van der Waals surface area contributed by atoms with Crippen LogP contribution in [0.5, 0.6) is 0 Å². The molecule has 0 heteroatoms. The van der Waals surface area contributed by atoms with E-state index in [1.54, 1.807) is 0 Å². The van der Waals surface area contributed by atoms with Crippen LogP contribution in [0, 0.1) is 0 Å². The van der Waals surface area contributed by atoms with Gasteiger partial charge in [-0.25, -0.2) is 0 Å². The minimum atomic E-state index is 1.08. The summed E-state index contributed by atoms with van der Waals surface area (Å²) < 4.78 is 0. The summed E-state index contributed by atoms with van der Waals surface area (Å²) in [6.07, 6.45) is 23.7. The molecule has 0 spiro atoms. The summed E-state index contributed by atoms with van der Waals surface area (Å²) in [5, 5.41) is 14.9. The highest BCUT2D eigenvalue weighted by Crippen LogP contribution is 2.01. The fourth-order valence-electron chi connectivity index (χ4n) is 4.85. The van der Waals surface area contributed by atoms with E-state index < -0.39 is 0 Å². The molecule has 0 aliphatic heterocycles. The fourth-order valence-corrected chi connectivity index (χ4v) is 4.85. The molecule has 0 N–H and O–H groups in total. The Morgan fingerprint density at radius 3 is 0.818 bits per heavy atom. The molecule has 0 amide bonds. The number of hydrogen-bond donors (Lipinski definition) is 0. The number of benzene rings is 2. The Balaban J connectivity index is 2.23. The zero-order chi connectivity index (χ0) is 14.3. The van der Waals surface area contributed by atoms with Crippen LogP contribution in [-0.2, 0) is 0 Å². The summed E-state index contributed by atoms with van der Waals surface area (Å²) in [4.78, 5) is 0. The maximum Gasteiger partial charge on any atom is -0.00205 e. The Labute approximate surface area is 127 Å². The van der Waals surface area contributed by atoms with Gasteiger partial charge in [0, 0.05) is 0 Å². The van der Waals surface area contributed by atoms with E-state index >= 15 is 0 Å². The Hall–Kier alpha value is -2.34. The number of fused-ring (bicyclic) bond motifs is 11. The molecule has 2 aromatic carbocycles. The van der Waals surface area contributed by atoms with Gasteiger partial charge in [0.05, 0.1) is 0 Å². The Kier molecular flexibility index (Phi) is 1.89. The molecule has 2 aromatic rings. The summed E-state index contributed by atoms with van der Waals surface area (Å²) in [5.74, 6) is 0. The summed E-state index contributed by atoms with van der Waals surface area (Å²) in [5.41, 5.74) is 0. The molecular formula is C22H16. The van der Waals surface area contributed by atoms with E-state index in [1.165, 1.54) is 52.5 Å². The first-order chi connectivity index (χ1) is 10.9. The first-order valence-corrected chi connectivity index (χ1v) is 8.33. The highest BCUT2D eigenvalue weighted by molar-refractivity contribution is 5.91. The van der Waals surface area contributed by atoms with Crippen LogP contribution in [0.4, 0.5) is 0 Å². The van der Waals surface area contributed by atoms with Crippen molar-refractivity contribution < 1.29 is 0 Å². The summed E-state index contributed by atoms with van der Waals surface area (Å²) >= 11 is 0. The lowest BCUT2D eigenvalue weighted by Gasteiger charge is -2.05. The molecule has 0 saturated carbocycles. The first-order valence-electron chi connectivity index (χ1n) is 8.33. The van der Waals surface area contributed by atoms with Gasteiger partial charge < -0.3 is 0 Å². The second-order valence-electron chi connectivity index (χ2n) is 6.64. The van der Waals surface area contributed by atoms with E-state index in [0.717, 1.165) is 25.7 Å². The van der Waals surface area contributed by atoms with Crippen molar-refractivity contribution in [1.29, 1.82) is 0 Å². The topological polar surface area (TPSA) is 0 Å². The smallest absolute Gasteiger partial charge is 0.00205 e. The van der Waals surface area contributed by atoms with Crippen LogP contribution >= 0.6 is 0 Å². The second kappa shape index (κ2) is 3.70. The summed E-state index contributed by atoms with van der Waals surface area (Å²) in [6.45, 7) is 0. The molecule has 0 radical (unpaired) electrons. The van der Waals surface area contributed by atoms with Crippen molar-refractivity contribution in [2.24, 2.45) is 0 Å². The van der Waals surface area contributed by atoms with Crippen molar-refractivity contribution in [3.63, 3.8) is 0 Å². The van der Waals surface area contributed by atoms with Gasteiger partial charge in [0.2, 0.25) is 0 Å². The van der Waals surface area contributed by atoms with Gasteiger partial charge in [-0.05, 0) is 78.2 Å². The molecule has 0 saturated heterocycles. The lowest BCUT2D eigenvalue weighted by atomic mass is 9.98. The maximum atomic E-state index is 2.43. The quantitative estimate of drug-likeness (QED) is 0.563. The Morgan fingerprint density at radius 2 is 0.545 bits per heavy atom. The average molecular weight is 280 g/mol. The third-order valence-electron chi connectivity index (χ3n) is 5.64. The van der Waals surface area contributed by atoms with Gasteiger partial charge in [-0.3, -0.25) is 0 Å². The minimum Gasteiger partial charge on any atom is -0.0722 e. The SMILES string of the molecule is C1=c2c3c(c4c5c(c6c(c4c2=CC1)=CCC=6)=CCC=5)=CCC=3. The predicted molar refractivity (Wildman–Crippen MR) is 95.1 cm³/mol. The van der Waals surface area contributed by atoms with E-state index in [2.05, 4.69) is 48.6 Å². The molecule has 0 unspecified atom stereocenters. The summed E-state index contributed by atoms with van der Waals surface area (Å²) in [7, 11) is 0. The van der Waals surface area contributed by atoms with Gasteiger partial charge >= 0.3 is 0 Å². The van der Waals surface area contributed by atoms with E-state index in [-0.39, 0.29) is 0 Å². The molecule has 22 heavy (non-hydrogen) atoms. The number of rotatable bonds is 0. The van der Waals surface area contributed by atoms with Gasteiger partial charge in [-0.2, -0.15) is 0 Å². The standard InChI is InChI=1S/C22H16/c1-5-13-14-6-2-10-18(14)22-20-12-4-8-16(20)15-7-3-11-19(15)21(22)17(13)9-1/h5-12H,1-4H2. The minimum absolute atomic E-state index is 1.08. The Morgan fingerprint density at radius 1 is 0.318 bits per heavy atom. The zero-order valence-corrected chi connectivity index (χ0v) is 12.4. The molecule has 6 rings (SSSR count). The van der Waals surface area contributed by atoms with Gasteiger partial charge in [0.25, 0.3) is 0 Å². The van der Waals surface area contributed by atoms with Crippen LogP contribution in [0.3, 0.4) is 0 Å². The largest absolute Gasteiger partial charge is 0.0722 e. The van der Waals surface area contributed by atoms with Gasteiger partial charge in [-0.1, -0.05) is 48.6 Å². The third-order valence-corrected chi connectivity index (χ3v) is 5.64. The lowest BCUT2D eigenvalue weighted by Crippen LogP contribution is -2.55. The molecule has 0 nitrogen and oxygen atoms in total. The van der Waals surface area contributed by atoms with Crippen molar-refractivity contribution in [2.75, 3.05) is 0 Å². The van der Waals surface area contributed by atoms with Gasteiger partial charge in [-0.15, -0.1) is 0 Å².